The van der Waals surface area contributed by atoms with E-state index in [1.165, 1.54) is 11.3 Å². The van der Waals surface area contributed by atoms with E-state index in [9.17, 15) is 19.7 Å². The molecule has 174 valence electrons. The Morgan fingerprint density at radius 3 is 2.91 bits per heavy atom. The van der Waals surface area contributed by atoms with Gasteiger partial charge in [-0.1, -0.05) is 19.1 Å². The van der Waals surface area contributed by atoms with E-state index < -0.39 is 0 Å². The quantitative estimate of drug-likeness (QED) is 0.467. The predicted molar refractivity (Wildman–Crippen MR) is 126 cm³/mol. The molecule has 1 heterocycles. The summed E-state index contributed by atoms with van der Waals surface area (Å²) in [6.45, 7) is 4.08. The molecule has 1 N–H and O–H groups in total. The van der Waals surface area contributed by atoms with E-state index in [1.54, 1.807) is 18.3 Å². The number of amides is 1. The molecule has 0 radical (unpaired) electrons. The molecule has 33 heavy (non-hydrogen) atoms. The molecule has 0 aliphatic heterocycles. The van der Waals surface area contributed by atoms with Gasteiger partial charge in [-0.25, -0.2) is 4.98 Å². The number of anilines is 1. The van der Waals surface area contributed by atoms with Crippen molar-refractivity contribution in [3.05, 3.63) is 50.5 Å². The van der Waals surface area contributed by atoms with Crippen molar-refractivity contribution in [2.75, 3.05) is 5.32 Å². The molecule has 4 unspecified atom stereocenters. The number of hydrogen-bond acceptors (Lipinski definition) is 6. The first-order valence-corrected chi connectivity index (χ1v) is 12.6. The van der Waals surface area contributed by atoms with Crippen molar-refractivity contribution < 1.29 is 14.5 Å². The first-order valence-electron chi connectivity index (χ1n) is 11.8. The van der Waals surface area contributed by atoms with Crippen LogP contribution in [-0.2, 0) is 16.0 Å². The van der Waals surface area contributed by atoms with Gasteiger partial charge in [0.2, 0.25) is 5.91 Å². The van der Waals surface area contributed by atoms with Crippen LogP contribution in [0.3, 0.4) is 0 Å². The fourth-order valence-electron chi connectivity index (χ4n) is 7.01. The zero-order chi connectivity index (χ0) is 23.3. The van der Waals surface area contributed by atoms with Crippen LogP contribution >= 0.6 is 11.3 Å². The molecule has 5 atom stereocenters. The normalized spacial score (nSPS) is 30.3. The van der Waals surface area contributed by atoms with E-state index in [-0.39, 0.29) is 39.7 Å². The maximum atomic E-state index is 13.1. The van der Waals surface area contributed by atoms with Crippen LogP contribution in [0.1, 0.15) is 67.4 Å². The van der Waals surface area contributed by atoms with Crippen molar-refractivity contribution in [1.82, 2.24) is 4.98 Å². The Morgan fingerprint density at radius 2 is 2.18 bits per heavy atom. The van der Waals surface area contributed by atoms with E-state index in [0.717, 1.165) is 35.3 Å². The summed E-state index contributed by atoms with van der Waals surface area (Å²) in [4.78, 5) is 42.2. The van der Waals surface area contributed by atoms with Gasteiger partial charge >= 0.3 is 0 Å². The van der Waals surface area contributed by atoms with Gasteiger partial charge < -0.3 is 5.32 Å². The first-order chi connectivity index (χ1) is 15.8. The number of rotatable bonds is 5. The smallest absolute Gasteiger partial charge is 0.272 e. The molecule has 0 saturated heterocycles. The molecule has 2 aromatic rings. The number of nitrogens with one attached hydrogen (secondary N) is 1. The van der Waals surface area contributed by atoms with Gasteiger partial charge in [0, 0.05) is 41.0 Å². The third kappa shape index (κ3) is 3.78. The molecule has 2 fully saturated rings. The summed E-state index contributed by atoms with van der Waals surface area (Å²) in [5, 5.41) is 15.1. The summed E-state index contributed by atoms with van der Waals surface area (Å²) >= 11 is 1.46. The molecule has 0 spiro atoms. The van der Waals surface area contributed by atoms with Crippen LogP contribution in [0.4, 0.5) is 10.8 Å². The maximum Gasteiger partial charge on any atom is 0.272 e. The largest absolute Gasteiger partial charge is 0.302 e. The van der Waals surface area contributed by atoms with Crippen molar-refractivity contribution in [3.8, 4) is 0 Å². The van der Waals surface area contributed by atoms with Crippen LogP contribution in [-0.4, -0.2) is 21.6 Å². The number of nitrogens with zero attached hydrogens (tertiary/aromatic N) is 2. The minimum absolute atomic E-state index is 0.0534. The van der Waals surface area contributed by atoms with E-state index >= 15 is 0 Å². The lowest BCUT2D eigenvalue weighted by Crippen LogP contribution is -2.44. The molecule has 3 aliphatic rings. The third-order valence-electron chi connectivity index (χ3n) is 8.40. The minimum atomic E-state index is -0.340. The van der Waals surface area contributed by atoms with E-state index in [1.807, 2.05) is 6.92 Å². The second kappa shape index (κ2) is 8.31. The molecular formula is C25H29N3O4S. The fraction of sp³-hybridized carbons (Fsp3) is 0.560. The van der Waals surface area contributed by atoms with E-state index in [0.29, 0.717) is 42.5 Å². The number of carbonyl (C=O) groups is 2. The van der Waals surface area contributed by atoms with Crippen molar-refractivity contribution in [2.45, 2.75) is 64.7 Å². The summed E-state index contributed by atoms with van der Waals surface area (Å²) in [6, 6.07) is 5.46. The van der Waals surface area contributed by atoms with Crippen molar-refractivity contribution in [1.29, 1.82) is 0 Å². The number of carbonyl (C=O) groups excluding carboxylic acids is 2. The molecule has 7 nitrogen and oxygen atoms in total. The maximum absolute atomic E-state index is 13.1. The lowest BCUT2D eigenvalue weighted by molar-refractivity contribution is -0.385. The van der Waals surface area contributed by atoms with Gasteiger partial charge in [0.1, 0.15) is 5.78 Å². The second-order valence-electron chi connectivity index (χ2n) is 10.1. The summed E-state index contributed by atoms with van der Waals surface area (Å²) in [7, 11) is 0. The Balaban J connectivity index is 1.36. The van der Waals surface area contributed by atoms with Gasteiger partial charge in [-0.2, -0.15) is 0 Å². The highest BCUT2D eigenvalue weighted by Crippen LogP contribution is 2.62. The number of fused-ring (bicyclic) bond motifs is 5. The van der Waals surface area contributed by atoms with Crippen LogP contribution in [0.2, 0.25) is 0 Å². The van der Waals surface area contributed by atoms with Crippen molar-refractivity contribution in [2.24, 2.45) is 23.2 Å². The van der Waals surface area contributed by atoms with Crippen molar-refractivity contribution >= 4 is 33.8 Å². The van der Waals surface area contributed by atoms with E-state index in [2.05, 4.69) is 23.3 Å². The Labute approximate surface area is 197 Å². The first kappa shape index (κ1) is 22.2. The zero-order valence-electron chi connectivity index (χ0n) is 19.0. The lowest BCUT2D eigenvalue weighted by Gasteiger charge is -2.49. The fourth-order valence-corrected chi connectivity index (χ4v) is 7.69. The molecule has 1 amide bonds. The van der Waals surface area contributed by atoms with E-state index in [4.69, 9.17) is 0 Å². The Kier molecular flexibility index (Phi) is 5.59. The summed E-state index contributed by atoms with van der Waals surface area (Å²) < 4.78 is 0. The average molecular weight is 468 g/mol. The molecule has 1 aromatic heterocycles. The Hall–Kier alpha value is -2.61. The van der Waals surface area contributed by atoms with Crippen LogP contribution in [0.15, 0.2) is 24.4 Å². The van der Waals surface area contributed by atoms with Gasteiger partial charge in [0.05, 0.1) is 4.92 Å². The molecular weight excluding hydrogens is 438 g/mol. The molecule has 5 rings (SSSR count). The molecule has 1 aromatic carbocycles. The van der Waals surface area contributed by atoms with Crippen LogP contribution < -0.4 is 5.32 Å². The predicted octanol–water partition coefficient (Wildman–Crippen LogP) is 5.43. The zero-order valence-corrected chi connectivity index (χ0v) is 19.8. The SMILES string of the molecule is Cc1cnc(NC(=O)CC[C@@H]2CC(=O)C3(C)CCC4c5cccc([N+](=O)[O-])c5CCC4C23)s1. The lowest BCUT2D eigenvalue weighted by atomic mass is 9.54. The molecule has 2 saturated carbocycles. The molecule has 3 aliphatic carbocycles. The number of aromatic nitrogens is 1. The molecule has 8 heteroatoms. The van der Waals surface area contributed by atoms with Gasteiger partial charge in [-0.3, -0.25) is 19.7 Å². The van der Waals surface area contributed by atoms with Crippen LogP contribution in [0.25, 0.3) is 0 Å². The summed E-state index contributed by atoms with van der Waals surface area (Å²) in [5.41, 5.74) is 1.88. The monoisotopic (exact) mass is 467 g/mol. The third-order valence-corrected chi connectivity index (χ3v) is 9.23. The van der Waals surface area contributed by atoms with Gasteiger partial charge in [0.15, 0.2) is 5.13 Å². The van der Waals surface area contributed by atoms with Gasteiger partial charge in [-0.05, 0) is 68.3 Å². The molecule has 0 bridgehead atoms. The number of aryl methyl sites for hydroxylation is 1. The minimum Gasteiger partial charge on any atom is -0.302 e. The number of Topliss-reactive ketones (excluding diaryl/α,β-unsaturated/α-hetero) is 1. The number of hydrogen-bond donors (Lipinski definition) is 1. The highest BCUT2D eigenvalue weighted by molar-refractivity contribution is 7.15. The van der Waals surface area contributed by atoms with Gasteiger partial charge in [-0.15, -0.1) is 11.3 Å². The summed E-state index contributed by atoms with van der Waals surface area (Å²) in [6.07, 6.45) is 6.62. The number of thiazole rings is 1. The highest BCUT2D eigenvalue weighted by Gasteiger charge is 2.58. The number of benzene rings is 1. The average Bonchev–Trinajstić information content (AvgIpc) is 3.31. The standard InChI is InChI=1S/C25H29N3O4S/c1-14-13-26-24(33-14)27-22(30)9-6-15-12-21(29)25(2)11-10-17-16-4-3-5-20(28(31)32)18(16)7-8-19(17)23(15)25/h3-5,13,15,17,19,23H,6-12H2,1-2H3,(H,26,27,30)/t15-,17?,19?,23?,25?/m1/s1. The Morgan fingerprint density at radius 1 is 1.36 bits per heavy atom. The number of ketones is 1. The number of nitro benzene ring substituents is 1. The number of nitro groups is 1. The topological polar surface area (TPSA) is 102 Å². The van der Waals surface area contributed by atoms with Gasteiger partial charge in [0.25, 0.3) is 5.69 Å². The van der Waals surface area contributed by atoms with Crippen molar-refractivity contribution in [3.63, 3.8) is 0 Å². The summed E-state index contributed by atoms with van der Waals surface area (Å²) in [5.74, 6) is 1.27. The second-order valence-corrected chi connectivity index (χ2v) is 11.4. The van der Waals surface area contributed by atoms with Crippen LogP contribution in [0, 0.1) is 40.2 Å². The highest BCUT2D eigenvalue weighted by atomic mass is 32.1. The van der Waals surface area contributed by atoms with Crippen LogP contribution in [0.5, 0.6) is 0 Å². The Bertz CT molecular complexity index is 1130.